The van der Waals surface area contributed by atoms with Gasteiger partial charge in [0.1, 0.15) is 0 Å². The van der Waals surface area contributed by atoms with Crippen LogP contribution in [0.1, 0.15) is 33.6 Å². The number of benzene rings is 1. The van der Waals surface area contributed by atoms with Gasteiger partial charge in [-0.1, -0.05) is 37.0 Å². The highest BCUT2D eigenvalue weighted by atomic mass is 79.9. The van der Waals surface area contributed by atoms with Crippen molar-refractivity contribution in [3.05, 3.63) is 26.7 Å². The summed E-state index contributed by atoms with van der Waals surface area (Å²) in [5, 5.41) is 4.54. The molecule has 4 heteroatoms. The Labute approximate surface area is 122 Å². The molecule has 0 fully saturated rings. The molecule has 0 saturated heterocycles. The Kier molecular flexibility index (Phi) is 6.11. The first-order valence-corrected chi connectivity index (χ1v) is 7.36. The molecule has 0 radical (unpaired) electrons. The van der Waals surface area contributed by atoms with Gasteiger partial charge in [0.05, 0.1) is 15.7 Å². The fourth-order valence-electron chi connectivity index (χ4n) is 1.56. The van der Waals surface area contributed by atoms with E-state index in [0.717, 1.165) is 22.5 Å². The van der Waals surface area contributed by atoms with Gasteiger partial charge in [-0.2, -0.15) is 0 Å². The summed E-state index contributed by atoms with van der Waals surface area (Å²) in [5.74, 6) is 0.725. The van der Waals surface area contributed by atoms with Gasteiger partial charge in [0.15, 0.2) is 0 Å². The van der Waals surface area contributed by atoms with E-state index in [-0.39, 0.29) is 0 Å². The average molecular weight is 339 g/mol. The second-order valence-corrected chi connectivity index (χ2v) is 6.35. The van der Waals surface area contributed by atoms with E-state index in [4.69, 9.17) is 23.2 Å². The zero-order valence-corrected chi connectivity index (χ0v) is 13.5. The second kappa shape index (κ2) is 6.86. The summed E-state index contributed by atoms with van der Waals surface area (Å²) in [6.07, 6.45) is 2.33. The van der Waals surface area contributed by atoms with Crippen LogP contribution in [0, 0.1) is 5.92 Å². The summed E-state index contributed by atoms with van der Waals surface area (Å²) in [6, 6.07) is 4.25. The van der Waals surface area contributed by atoms with Crippen LogP contribution in [0.4, 0.5) is 5.69 Å². The highest BCUT2D eigenvalue weighted by Gasteiger charge is 2.10. The second-order valence-electron chi connectivity index (χ2n) is 4.74. The van der Waals surface area contributed by atoms with Gasteiger partial charge in [0.25, 0.3) is 0 Å². The molecule has 1 rings (SSSR count). The Morgan fingerprint density at radius 1 is 1.12 bits per heavy atom. The van der Waals surface area contributed by atoms with Crippen molar-refractivity contribution in [2.45, 2.75) is 39.7 Å². The lowest BCUT2D eigenvalue weighted by Crippen LogP contribution is -2.16. The monoisotopic (exact) mass is 337 g/mol. The molecule has 0 spiro atoms. The van der Waals surface area contributed by atoms with Crippen LogP contribution >= 0.6 is 39.1 Å². The van der Waals surface area contributed by atoms with Gasteiger partial charge in [-0.15, -0.1) is 0 Å². The van der Waals surface area contributed by atoms with E-state index < -0.39 is 0 Å². The average Bonchev–Trinajstić information content (AvgIpc) is 2.27. The molecule has 0 saturated carbocycles. The summed E-state index contributed by atoms with van der Waals surface area (Å²) in [5.41, 5.74) is 0.899. The van der Waals surface area contributed by atoms with Crippen LogP contribution in [0.5, 0.6) is 0 Å². The minimum Gasteiger partial charge on any atom is -0.381 e. The van der Waals surface area contributed by atoms with Crippen molar-refractivity contribution in [3.8, 4) is 0 Å². The third-order valence-corrected chi connectivity index (χ3v) is 4.39. The third kappa shape index (κ3) is 4.69. The lowest BCUT2D eigenvalue weighted by molar-refractivity contribution is 0.528. The van der Waals surface area contributed by atoms with E-state index in [9.17, 15) is 0 Å². The molecule has 0 amide bonds. The van der Waals surface area contributed by atoms with Crippen LogP contribution in [0.3, 0.4) is 0 Å². The topological polar surface area (TPSA) is 12.0 Å². The summed E-state index contributed by atoms with van der Waals surface area (Å²) in [6.45, 7) is 6.63. The SMILES string of the molecule is CC(C)CCC(C)Nc1ccc(Br)c(Cl)c1Cl. The van der Waals surface area contributed by atoms with Crippen LogP contribution in [-0.4, -0.2) is 6.04 Å². The number of rotatable bonds is 5. The Balaban J connectivity index is 2.65. The Morgan fingerprint density at radius 2 is 1.76 bits per heavy atom. The van der Waals surface area contributed by atoms with Crippen molar-refractivity contribution >= 4 is 44.8 Å². The molecule has 17 heavy (non-hydrogen) atoms. The fourth-order valence-corrected chi connectivity index (χ4v) is 2.39. The molecule has 0 aliphatic rings. The minimum atomic E-state index is 0.396. The van der Waals surface area contributed by atoms with Crippen molar-refractivity contribution in [3.63, 3.8) is 0 Å². The van der Waals surface area contributed by atoms with Gasteiger partial charge in [0, 0.05) is 10.5 Å². The third-order valence-electron chi connectivity index (χ3n) is 2.61. The molecule has 96 valence electrons. The molecule has 1 atom stereocenters. The van der Waals surface area contributed by atoms with E-state index in [2.05, 4.69) is 42.0 Å². The predicted octanol–water partition coefficient (Wildman–Crippen LogP) is 5.99. The maximum atomic E-state index is 6.18. The highest BCUT2D eigenvalue weighted by molar-refractivity contribution is 9.10. The van der Waals surface area contributed by atoms with Gasteiger partial charge in [0.2, 0.25) is 0 Å². The molecule has 1 N–H and O–H groups in total. The van der Waals surface area contributed by atoms with Crippen molar-refractivity contribution < 1.29 is 0 Å². The van der Waals surface area contributed by atoms with Crippen LogP contribution in [0.25, 0.3) is 0 Å². The standard InChI is InChI=1S/C13H18BrCl2N/c1-8(2)4-5-9(3)17-11-7-6-10(14)12(15)13(11)16/h6-9,17H,4-5H2,1-3H3. The molecular formula is C13H18BrCl2N. The van der Waals surface area contributed by atoms with E-state index in [0.29, 0.717) is 16.1 Å². The Morgan fingerprint density at radius 3 is 2.35 bits per heavy atom. The first-order valence-electron chi connectivity index (χ1n) is 5.81. The van der Waals surface area contributed by atoms with E-state index in [1.165, 1.54) is 6.42 Å². The van der Waals surface area contributed by atoms with E-state index in [1.54, 1.807) is 0 Å². The molecular weight excluding hydrogens is 321 g/mol. The number of anilines is 1. The minimum absolute atomic E-state index is 0.396. The summed E-state index contributed by atoms with van der Waals surface area (Å²) in [4.78, 5) is 0. The van der Waals surface area contributed by atoms with Crippen LogP contribution in [0.2, 0.25) is 10.0 Å². The van der Waals surface area contributed by atoms with E-state index in [1.807, 2.05) is 12.1 Å². The van der Waals surface area contributed by atoms with Crippen molar-refractivity contribution in [2.24, 2.45) is 5.92 Å². The van der Waals surface area contributed by atoms with Gasteiger partial charge in [-0.25, -0.2) is 0 Å². The van der Waals surface area contributed by atoms with Crippen molar-refractivity contribution in [2.75, 3.05) is 5.32 Å². The zero-order valence-electron chi connectivity index (χ0n) is 10.4. The predicted molar refractivity (Wildman–Crippen MR) is 81.3 cm³/mol. The summed E-state index contributed by atoms with van der Waals surface area (Å²) >= 11 is 15.6. The molecule has 0 aromatic heterocycles. The van der Waals surface area contributed by atoms with Crippen molar-refractivity contribution in [1.82, 2.24) is 0 Å². The Bertz CT molecular complexity index is 380. The number of nitrogens with one attached hydrogen (secondary N) is 1. The first kappa shape index (κ1) is 15.1. The summed E-state index contributed by atoms with van der Waals surface area (Å²) in [7, 11) is 0. The van der Waals surface area contributed by atoms with Gasteiger partial charge >= 0.3 is 0 Å². The normalized spacial score (nSPS) is 12.9. The molecule has 1 unspecified atom stereocenters. The zero-order chi connectivity index (χ0) is 13.0. The maximum absolute atomic E-state index is 6.18. The largest absolute Gasteiger partial charge is 0.381 e. The molecule has 1 nitrogen and oxygen atoms in total. The highest BCUT2D eigenvalue weighted by Crippen LogP contribution is 2.36. The maximum Gasteiger partial charge on any atom is 0.0835 e. The number of halogens is 3. The Hall–Kier alpha value is 0.0800. The van der Waals surface area contributed by atoms with Crippen LogP contribution < -0.4 is 5.32 Å². The molecule has 1 aromatic carbocycles. The fraction of sp³-hybridized carbons (Fsp3) is 0.538. The lowest BCUT2D eigenvalue weighted by atomic mass is 10.0. The smallest absolute Gasteiger partial charge is 0.0835 e. The van der Waals surface area contributed by atoms with Crippen LogP contribution in [-0.2, 0) is 0 Å². The van der Waals surface area contributed by atoms with Crippen LogP contribution in [0.15, 0.2) is 16.6 Å². The number of hydrogen-bond donors (Lipinski definition) is 1. The first-order chi connectivity index (χ1) is 7.91. The molecule has 0 aliphatic heterocycles. The number of hydrogen-bond acceptors (Lipinski definition) is 1. The molecule has 0 bridgehead atoms. The van der Waals surface area contributed by atoms with Gasteiger partial charge in [-0.05, 0) is 53.7 Å². The van der Waals surface area contributed by atoms with Gasteiger partial charge < -0.3 is 5.32 Å². The summed E-state index contributed by atoms with van der Waals surface area (Å²) < 4.78 is 0.824. The molecule has 0 heterocycles. The quantitative estimate of drug-likeness (QED) is 0.650. The molecule has 1 aromatic rings. The van der Waals surface area contributed by atoms with E-state index >= 15 is 0 Å². The van der Waals surface area contributed by atoms with Gasteiger partial charge in [-0.3, -0.25) is 0 Å². The molecule has 0 aliphatic carbocycles. The lowest BCUT2D eigenvalue weighted by Gasteiger charge is -2.18. The van der Waals surface area contributed by atoms with Crippen molar-refractivity contribution in [1.29, 1.82) is 0 Å².